The van der Waals surface area contributed by atoms with E-state index in [4.69, 9.17) is 5.73 Å². The van der Waals surface area contributed by atoms with Gasteiger partial charge in [-0.3, -0.25) is 19.4 Å². The maximum absolute atomic E-state index is 13.2. The van der Waals surface area contributed by atoms with Crippen LogP contribution in [-0.2, 0) is 16.0 Å². The summed E-state index contributed by atoms with van der Waals surface area (Å²) in [5.74, 6) is -2.47. The zero-order valence-electron chi connectivity index (χ0n) is 17.7. The lowest BCUT2D eigenvalue weighted by Crippen LogP contribution is -2.47. The number of aromatic nitrogens is 2. The fraction of sp³-hybridized carbons (Fsp3) is 0.0769. The van der Waals surface area contributed by atoms with Crippen LogP contribution in [0.1, 0.15) is 15.9 Å². The predicted octanol–water partition coefficient (Wildman–Crippen LogP) is 3.14. The molecule has 1 unspecified atom stereocenters. The molecule has 0 bridgehead atoms. The van der Waals surface area contributed by atoms with E-state index in [1.165, 1.54) is 0 Å². The van der Waals surface area contributed by atoms with Gasteiger partial charge in [-0.25, -0.2) is 0 Å². The van der Waals surface area contributed by atoms with Crippen molar-refractivity contribution in [2.24, 2.45) is 5.73 Å². The summed E-state index contributed by atoms with van der Waals surface area (Å²) in [4.78, 5) is 44.8. The number of amides is 2. The minimum Gasteiger partial charge on any atom is -0.363 e. The maximum Gasteiger partial charge on any atom is 0.287 e. The van der Waals surface area contributed by atoms with E-state index in [9.17, 15) is 14.4 Å². The number of carbonyl (C=O) groups excluding carboxylic acids is 3. The van der Waals surface area contributed by atoms with Crippen molar-refractivity contribution in [1.82, 2.24) is 15.3 Å². The molecule has 0 aliphatic carbocycles. The topological polar surface area (TPSA) is 118 Å². The van der Waals surface area contributed by atoms with Crippen LogP contribution in [0.4, 0.5) is 0 Å². The second kappa shape index (κ2) is 9.74. The molecule has 2 aromatic heterocycles. The summed E-state index contributed by atoms with van der Waals surface area (Å²) in [5, 5.41) is 2.67. The molecule has 0 spiro atoms. The number of aromatic amines is 1. The van der Waals surface area contributed by atoms with Gasteiger partial charge in [0.2, 0.25) is 5.78 Å². The van der Waals surface area contributed by atoms with E-state index in [1.807, 2.05) is 66.7 Å². The lowest BCUT2D eigenvalue weighted by molar-refractivity contribution is -0.137. The Morgan fingerprint density at radius 2 is 1.61 bits per heavy atom. The van der Waals surface area contributed by atoms with Gasteiger partial charge < -0.3 is 16.0 Å². The molecule has 4 N–H and O–H groups in total. The molecule has 0 saturated heterocycles. The molecule has 0 aliphatic heterocycles. The molecule has 2 aromatic carbocycles. The van der Waals surface area contributed by atoms with E-state index >= 15 is 0 Å². The van der Waals surface area contributed by atoms with Crippen molar-refractivity contribution in [3.63, 3.8) is 0 Å². The molecular formula is C26H22N4O3. The quantitative estimate of drug-likeness (QED) is 0.366. The van der Waals surface area contributed by atoms with Gasteiger partial charge in [0, 0.05) is 30.1 Å². The van der Waals surface area contributed by atoms with Crippen molar-refractivity contribution in [1.29, 1.82) is 0 Å². The van der Waals surface area contributed by atoms with Crippen molar-refractivity contribution in [2.75, 3.05) is 0 Å². The van der Waals surface area contributed by atoms with Crippen LogP contribution in [0.2, 0.25) is 0 Å². The molecule has 0 fully saturated rings. The third-order valence-corrected chi connectivity index (χ3v) is 5.24. The highest BCUT2D eigenvalue weighted by molar-refractivity contribution is 6.38. The number of carbonyl (C=O) groups is 3. The van der Waals surface area contributed by atoms with Crippen molar-refractivity contribution < 1.29 is 14.4 Å². The summed E-state index contributed by atoms with van der Waals surface area (Å²) in [6, 6.07) is 23.0. The number of pyridine rings is 1. The maximum atomic E-state index is 13.2. The number of nitrogens with zero attached hydrogens (tertiary/aromatic N) is 1. The van der Waals surface area contributed by atoms with Crippen LogP contribution in [0, 0.1) is 0 Å². The van der Waals surface area contributed by atoms with Crippen molar-refractivity contribution in [2.45, 2.75) is 12.5 Å². The number of rotatable bonds is 8. The van der Waals surface area contributed by atoms with Crippen LogP contribution < -0.4 is 11.1 Å². The van der Waals surface area contributed by atoms with Crippen LogP contribution >= 0.6 is 0 Å². The Bertz CT molecular complexity index is 1280. The van der Waals surface area contributed by atoms with Gasteiger partial charge in [-0.15, -0.1) is 0 Å². The Kier molecular flexibility index (Phi) is 6.40. The first kappa shape index (κ1) is 21.7. The number of benzene rings is 2. The lowest BCUT2D eigenvalue weighted by atomic mass is 10.0. The molecule has 164 valence electrons. The van der Waals surface area contributed by atoms with Gasteiger partial charge in [0.05, 0.1) is 11.3 Å². The van der Waals surface area contributed by atoms with Crippen LogP contribution in [0.5, 0.6) is 0 Å². The molecule has 33 heavy (non-hydrogen) atoms. The first-order chi connectivity index (χ1) is 16.0. The van der Waals surface area contributed by atoms with Gasteiger partial charge in [-0.05, 0) is 29.3 Å². The Morgan fingerprint density at radius 1 is 0.909 bits per heavy atom. The van der Waals surface area contributed by atoms with Crippen LogP contribution in [0.3, 0.4) is 0 Å². The number of ketones is 1. The SMILES string of the molecule is NC(=O)C(=O)C(Cc1ccccc1)NC(=O)c1cccnc1-c1c[nH]c(-c2ccccc2)c1. The summed E-state index contributed by atoms with van der Waals surface area (Å²) in [5.41, 5.74) is 9.37. The van der Waals surface area contributed by atoms with Crippen LogP contribution in [0.15, 0.2) is 91.3 Å². The zero-order valence-corrected chi connectivity index (χ0v) is 17.7. The summed E-state index contributed by atoms with van der Waals surface area (Å²) in [7, 11) is 0. The van der Waals surface area contributed by atoms with Gasteiger partial charge in [-0.2, -0.15) is 0 Å². The minimum absolute atomic E-state index is 0.145. The van der Waals surface area contributed by atoms with Gasteiger partial charge in [0.1, 0.15) is 6.04 Å². The van der Waals surface area contributed by atoms with E-state index in [0.29, 0.717) is 5.69 Å². The fourth-order valence-electron chi connectivity index (χ4n) is 3.60. The van der Waals surface area contributed by atoms with Crippen molar-refractivity contribution in [3.05, 3.63) is 102 Å². The third-order valence-electron chi connectivity index (χ3n) is 5.24. The molecule has 4 rings (SSSR count). The molecular weight excluding hydrogens is 416 g/mol. The number of H-pyrrole nitrogens is 1. The van der Waals surface area contributed by atoms with Crippen LogP contribution in [0.25, 0.3) is 22.5 Å². The fourth-order valence-corrected chi connectivity index (χ4v) is 3.60. The summed E-state index contributed by atoms with van der Waals surface area (Å²) < 4.78 is 0. The second-order valence-electron chi connectivity index (χ2n) is 7.51. The Labute approximate surface area is 190 Å². The normalized spacial score (nSPS) is 11.5. The van der Waals surface area contributed by atoms with Crippen LogP contribution in [-0.4, -0.2) is 33.6 Å². The summed E-state index contributed by atoms with van der Waals surface area (Å²) >= 11 is 0. The molecule has 0 aliphatic rings. The van der Waals surface area contributed by atoms with E-state index < -0.39 is 23.6 Å². The molecule has 7 heteroatoms. The first-order valence-electron chi connectivity index (χ1n) is 10.4. The number of primary amides is 1. The van der Waals surface area contributed by atoms with Gasteiger partial charge in [0.25, 0.3) is 11.8 Å². The highest BCUT2D eigenvalue weighted by Gasteiger charge is 2.27. The average molecular weight is 438 g/mol. The van der Waals surface area contributed by atoms with Crippen molar-refractivity contribution >= 4 is 17.6 Å². The molecule has 7 nitrogen and oxygen atoms in total. The molecule has 2 amide bonds. The third kappa shape index (κ3) is 5.04. The first-order valence-corrected chi connectivity index (χ1v) is 10.4. The standard InChI is InChI=1S/C26H22N4O3/c27-25(32)24(31)22(14-17-8-3-1-4-9-17)30-26(33)20-12-7-13-28-23(20)19-15-21(29-16-19)18-10-5-2-6-11-18/h1-13,15-16,22,29H,14H2,(H2,27,32)(H,30,33). The average Bonchev–Trinajstić information content (AvgIpc) is 3.34. The lowest BCUT2D eigenvalue weighted by Gasteiger charge is -2.17. The van der Waals surface area contributed by atoms with Gasteiger partial charge in [0.15, 0.2) is 0 Å². The Morgan fingerprint density at radius 3 is 2.30 bits per heavy atom. The highest BCUT2D eigenvalue weighted by atomic mass is 16.2. The second-order valence-corrected chi connectivity index (χ2v) is 7.51. The number of nitrogens with two attached hydrogens (primary N) is 1. The molecule has 0 radical (unpaired) electrons. The number of hydrogen-bond donors (Lipinski definition) is 3. The van der Waals surface area contributed by atoms with E-state index in [-0.39, 0.29) is 12.0 Å². The molecule has 4 aromatic rings. The van der Waals surface area contributed by atoms with E-state index in [0.717, 1.165) is 22.4 Å². The van der Waals surface area contributed by atoms with E-state index in [1.54, 1.807) is 24.5 Å². The number of Topliss-reactive ketones (excluding diaryl/α,β-unsaturated/α-hetero) is 1. The largest absolute Gasteiger partial charge is 0.363 e. The predicted molar refractivity (Wildman–Crippen MR) is 125 cm³/mol. The Balaban J connectivity index is 1.61. The summed E-state index contributed by atoms with van der Waals surface area (Å²) in [6.45, 7) is 0. The van der Waals surface area contributed by atoms with E-state index in [2.05, 4.69) is 15.3 Å². The molecule has 1 atom stereocenters. The zero-order chi connectivity index (χ0) is 23.2. The number of nitrogens with one attached hydrogen (secondary N) is 2. The Hall–Kier alpha value is -4.52. The number of hydrogen-bond acceptors (Lipinski definition) is 4. The van der Waals surface area contributed by atoms with Gasteiger partial charge in [-0.1, -0.05) is 60.7 Å². The van der Waals surface area contributed by atoms with Gasteiger partial charge >= 0.3 is 0 Å². The summed E-state index contributed by atoms with van der Waals surface area (Å²) in [6.07, 6.45) is 3.51. The minimum atomic E-state index is -1.10. The van der Waals surface area contributed by atoms with Crippen molar-refractivity contribution in [3.8, 4) is 22.5 Å². The monoisotopic (exact) mass is 438 g/mol. The highest BCUT2D eigenvalue weighted by Crippen LogP contribution is 2.27. The molecule has 0 saturated carbocycles. The smallest absolute Gasteiger partial charge is 0.287 e. The molecule has 2 heterocycles.